The highest BCUT2D eigenvalue weighted by Gasteiger charge is 2.39. The summed E-state index contributed by atoms with van der Waals surface area (Å²) in [5, 5.41) is 2.32. The summed E-state index contributed by atoms with van der Waals surface area (Å²) >= 11 is 0. The summed E-state index contributed by atoms with van der Waals surface area (Å²) in [6.07, 6.45) is 4.92. The number of amides is 4. The molecule has 39 heavy (non-hydrogen) atoms. The van der Waals surface area contributed by atoms with Crippen molar-refractivity contribution in [1.29, 1.82) is 0 Å². The zero-order valence-corrected chi connectivity index (χ0v) is 21.9. The van der Waals surface area contributed by atoms with Crippen molar-refractivity contribution in [3.63, 3.8) is 0 Å². The van der Waals surface area contributed by atoms with Gasteiger partial charge in [-0.25, -0.2) is 4.98 Å². The number of benzene rings is 1. The molecular formula is C28H31N5O6. The fourth-order valence-corrected chi connectivity index (χ4v) is 5.79. The van der Waals surface area contributed by atoms with Crippen LogP contribution in [-0.4, -0.2) is 83.8 Å². The smallest absolute Gasteiger partial charge is 0.255 e. The highest BCUT2D eigenvalue weighted by molar-refractivity contribution is 6.05. The number of fused-ring (bicyclic) bond motifs is 2. The number of hydrogen-bond donors (Lipinski definition) is 1. The van der Waals surface area contributed by atoms with Crippen LogP contribution in [0.4, 0.5) is 5.82 Å². The van der Waals surface area contributed by atoms with Gasteiger partial charge < -0.3 is 24.2 Å². The van der Waals surface area contributed by atoms with E-state index in [1.54, 1.807) is 24.4 Å². The summed E-state index contributed by atoms with van der Waals surface area (Å²) in [5.74, 6) is 0.921. The first-order valence-electron chi connectivity index (χ1n) is 13.4. The molecule has 1 aromatic carbocycles. The number of ether oxygens (including phenoxy) is 2. The number of rotatable bonds is 5. The van der Waals surface area contributed by atoms with Crippen LogP contribution in [-0.2, 0) is 16.1 Å². The third-order valence-corrected chi connectivity index (χ3v) is 7.95. The van der Waals surface area contributed by atoms with Gasteiger partial charge >= 0.3 is 0 Å². The summed E-state index contributed by atoms with van der Waals surface area (Å²) in [4.78, 5) is 60.1. The van der Waals surface area contributed by atoms with Gasteiger partial charge in [0.1, 0.15) is 25.0 Å². The second-order valence-corrected chi connectivity index (χ2v) is 10.5. The molecule has 1 N–H and O–H groups in total. The number of aromatic nitrogens is 1. The van der Waals surface area contributed by atoms with Crippen molar-refractivity contribution in [3.05, 3.63) is 47.2 Å². The van der Waals surface area contributed by atoms with E-state index in [4.69, 9.17) is 9.47 Å². The first-order valence-corrected chi connectivity index (χ1v) is 13.4. The molecule has 2 saturated heterocycles. The number of nitrogens with zero attached hydrogens (tertiary/aromatic N) is 4. The molecule has 2 atom stereocenters. The van der Waals surface area contributed by atoms with Gasteiger partial charge in [-0.1, -0.05) is 0 Å². The Morgan fingerprint density at radius 1 is 1.15 bits per heavy atom. The lowest BCUT2D eigenvalue weighted by molar-refractivity contribution is -0.136. The van der Waals surface area contributed by atoms with Crippen LogP contribution in [0.5, 0.6) is 11.5 Å². The van der Waals surface area contributed by atoms with E-state index in [1.165, 1.54) is 4.90 Å². The molecule has 4 aliphatic rings. The van der Waals surface area contributed by atoms with E-state index in [2.05, 4.69) is 10.3 Å². The van der Waals surface area contributed by atoms with Crippen LogP contribution >= 0.6 is 0 Å². The standard InChI is InChI=1S/C28H31N5O6/c1-31-10-11-38-23-13-17(14-29-25(23)31)27(36)32-9-3-2-4-19(32)16-39-20-5-6-21-18(12-20)15-33(28(21)37)22-7-8-24(34)30-26(22)35/h5-6,12-14,19,22H,2-4,7-11,15-16H2,1H3,(H,30,34,35)/t19-,22?/m0/s1. The van der Waals surface area contributed by atoms with Crippen LogP contribution < -0.4 is 19.7 Å². The van der Waals surface area contributed by atoms with Gasteiger partial charge in [0.15, 0.2) is 11.6 Å². The predicted molar refractivity (Wildman–Crippen MR) is 140 cm³/mol. The molecule has 0 radical (unpaired) electrons. The van der Waals surface area contributed by atoms with Gasteiger partial charge in [0.25, 0.3) is 11.8 Å². The van der Waals surface area contributed by atoms with Crippen LogP contribution in [0.1, 0.15) is 58.4 Å². The normalized spacial score (nSPS) is 22.7. The fourth-order valence-electron chi connectivity index (χ4n) is 5.79. The van der Waals surface area contributed by atoms with Crippen molar-refractivity contribution in [2.24, 2.45) is 0 Å². The number of pyridine rings is 1. The van der Waals surface area contributed by atoms with E-state index < -0.39 is 11.9 Å². The Morgan fingerprint density at radius 3 is 2.87 bits per heavy atom. The highest BCUT2D eigenvalue weighted by atomic mass is 16.5. The predicted octanol–water partition coefficient (Wildman–Crippen LogP) is 1.74. The zero-order valence-electron chi connectivity index (χ0n) is 21.9. The molecule has 2 aromatic rings. The molecule has 0 saturated carbocycles. The topological polar surface area (TPSA) is 121 Å². The molecule has 6 rings (SSSR count). The average molecular weight is 534 g/mol. The Balaban J connectivity index is 1.12. The minimum atomic E-state index is -0.655. The maximum atomic E-state index is 13.5. The molecule has 11 nitrogen and oxygen atoms in total. The molecule has 2 fully saturated rings. The summed E-state index contributed by atoms with van der Waals surface area (Å²) in [6, 6.07) is 6.33. The van der Waals surface area contributed by atoms with Gasteiger partial charge in [0.2, 0.25) is 11.8 Å². The van der Waals surface area contributed by atoms with Crippen LogP contribution in [0, 0.1) is 0 Å². The van der Waals surface area contributed by atoms with Gasteiger partial charge in [-0.3, -0.25) is 24.5 Å². The number of carbonyl (C=O) groups is 4. The van der Waals surface area contributed by atoms with Gasteiger partial charge in [-0.05, 0) is 55.5 Å². The SMILES string of the molecule is CN1CCOc2cc(C(=O)N3CCCC[C@H]3COc3ccc4c(c3)CN(C3CCC(=O)NC3=O)C4=O)cnc21. The molecule has 0 bridgehead atoms. The number of nitrogens with one attached hydrogen (secondary N) is 1. The number of imide groups is 1. The number of anilines is 1. The van der Waals surface area contributed by atoms with Crippen molar-refractivity contribution in [2.45, 2.75) is 50.7 Å². The van der Waals surface area contributed by atoms with Crippen LogP contribution in [0.25, 0.3) is 0 Å². The molecule has 0 aliphatic carbocycles. The summed E-state index contributed by atoms with van der Waals surface area (Å²) < 4.78 is 11.9. The molecule has 0 spiro atoms. The van der Waals surface area contributed by atoms with E-state index >= 15 is 0 Å². The third-order valence-electron chi connectivity index (χ3n) is 7.95. The van der Waals surface area contributed by atoms with Crippen molar-refractivity contribution in [2.75, 3.05) is 38.3 Å². The lowest BCUT2D eigenvalue weighted by Gasteiger charge is -2.36. The van der Waals surface area contributed by atoms with Crippen molar-refractivity contribution in [1.82, 2.24) is 20.1 Å². The number of carbonyl (C=O) groups excluding carboxylic acids is 4. The second kappa shape index (κ2) is 10.2. The Bertz CT molecular complexity index is 1350. The highest BCUT2D eigenvalue weighted by Crippen LogP contribution is 2.32. The van der Waals surface area contributed by atoms with Gasteiger partial charge in [-0.2, -0.15) is 0 Å². The molecule has 1 unspecified atom stereocenters. The first-order chi connectivity index (χ1) is 18.9. The minimum absolute atomic E-state index is 0.0881. The molecule has 5 heterocycles. The maximum absolute atomic E-state index is 13.5. The first kappa shape index (κ1) is 25.1. The van der Waals surface area contributed by atoms with Gasteiger partial charge in [0.05, 0.1) is 18.2 Å². The molecule has 4 amide bonds. The second-order valence-electron chi connectivity index (χ2n) is 10.5. The van der Waals surface area contributed by atoms with Gasteiger partial charge in [0, 0.05) is 38.3 Å². The zero-order chi connectivity index (χ0) is 27.1. The quantitative estimate of drug-likeness (QED) is 0.577. The largest absolute Gasteiger partial charge is 0.491 e. The van der Waals surface area contributed by atoms with Crippen LogP contribution in [0.15, 0.2) is 30.5 Å². The lowest BCUT2D eigenvalue weighted by Crippen LogP contribution is -2.52. The van der Waals surface area contributed by atoms with Crippen LogP contribution in [0.2, 0.25) is 0 Å². The Morgan fingerprint density at radius 2 is 2.03 bits per heavy atom. The van der Waals surface area contributed by atoms with Gasteiger partial charge in [-0.15, -0.1) is 0 Å². The fraction of sp³-hybridized carbons (Fsp3) is 0.464. The summed E-state index contributed by atoms with van der Waals surface area (Å²) in [7, 11) is 1.95. The molecule has 1 aromatic heterocycles. The molecular weight excluding hydrogens is 502 g/mol. The Kier molecular flexibility index (Phi) is 6.58. The van der Waals surface area contributed by atoms with E-state index in [-0.39, 0.29) is 36.7 Å². The maximum Gasteiger partial charge on any atom is 0.255 e. The Labute approximate surface area is 226 Å². The Hall–Kier alpha value is -4.15. The molecule has 11 heteroatoms. The van der Waals surface area contributed by atoms with E-state index in [1.807, 2.05) is 22.9 Å². The lowest BCUT2D eigenvalue weighted by atomic mass is 10.0. The average Bonchev–Trinajstić information content (AvgIpc) is 3.26. The number of likely N-dealkylation sites (N-methyl/N-ethyl adjacent to an activating group) is 1. The number of hydrogen-bond acceptors (Lipinski definition) is 8. The van der Waals surface area contributed by atoms with Crippen molar-refractivity contribution in [3.8, 4) is 11.5 Å². The van der Waals surface area contributed by atoms with Crippen molar-refractivity contribution < 1.29 is 28.7 Å². The third kappa shape index (κ3) is 4.77. The molecule has 4 aliphatic heterocycles. The monoisotopic (exact) mass is 533 g/mol. The summed E-state index contributed by atoms with van der Waals surface area (Å²) in [6.45, 7) is 2.57. The number of piperidine rings is 2. The van der Waals surface area contributed by atoms with Crippen LogP contribution in [0.3, 0.4) is 0 Å². The van der Waals surface area contributed by atoms with E-state index in [0.29, 0.717) is 48.8 Å². The summed E-state index contributed by atoms with van der Waals surface area (Å²) in [5.41, 5.74) is 1.82. The minimum Gasteiger partial charge on any atom is -0.491 e. The van der Waals surface area contributed by atoms with E-state index in [0.717, 1.165) is 37.2 Å². The number of likely N-dealkylation sites (tertiary alicyclic amines) is 1. The van der Waals surface area contributed by atoms with E-state index in [9.17, 15) is 19.2 Å². The molecule has 204 valence electrons. The van der Waals surface area contributed by atoms with Crippen molar-refractivity contribution >= 4 is 29.4 Å².